The number of carbonyl (C=O) groups is 1. The van der Waals surface area contributed by atoms with Gasteiger partial charge in [-0.15, -0.1) is 0 Å². The molecule has 0 aliphatic carbocycles. The zero-order valence-corrected chi connectivity index (χ0v) is 24.6. The zero-order valence-electron chi connectivity index (χ0n) is 24.6. The van der Waals surface area contributed by atoms with Crippen LogP contribution < -0.4 is 14.5 Å². The van der Waals surface area contributed by atoms with Gasteiger partial charge in [0.25, 0.3) is 0 Å². The Balaban J connectivity index is 1.34. The van der Waals surface area contributed by atoms with Gasteiger partial charge in [0.15, 0.2) is 0 Å². The minimum absolute atomic E-state index is 0.134. The highest BCUT2D eigenvalue weighted by Crippen LogP contribution is 2.36. The lowest BCUT2D eigenvalue weighted by Crippen LogP contribution is -2.55. The Morgan fingerprint density at radius 1 is 1.14 bits per heavy atom. The van der Waals surface area contributed by atoms with Crippen LogP contribution in [0.25, 0.3) is 10.8 Å². The number of anilines is 2. The summed E-state index contributed by atoms with van der Waals surface area (Å²) in [5, 5.41) is 12.0. The van der Waals surface area contributed by atoms with Crippen molar-refractivity contribution in [2.75, 3.05) is 56.2 Å². The average molecular weight is 568 g/mol. The monoisotopic (exact) mass is 567 g/mol. The van der Waals surface area contributed by atoms with E-state index in [2.05, 4.69) is 77.7 Å². The molecule has 2 saturated heterocycles. The standard InChI is InChI=1S/C33H39N7O2/c1-4-30(41)40-19-18-39(20-25(40)13-15-34)32-27-14-17-38(29-12-6-10-24-9-5-8-23(2)31(24)29)21-28(27)35-33(36-32)42-22-26-11-7-16-37(26)3/h4-6,8-10,12,25-26H,1,7,11,13-14,16-22H2,2-3H3/t25-,26-/m0/s1/i2+2. The summed E-state index contributed by atoms with van der Waals surface area (Å²) in [6.45, 7) is 10.7. The Labute approximate surface area is 248 Å². The van der Waals surface area contributed by atoms with Gasteiger partial charge in [-0.25, -0.2) is 0 Å². The molecule has 9 heteroatoms. The Morgan fingerprint density at radius 2 is 1.98 bits per heavy atom. The maximum atomic E-state index is 12.5. The number of likely N-dealkylation sites (tertiary alicyclic amines) is 1. The summed E-state index contributed by atoms with van der Waals surface area (Å²) < 4.78 is 6.30. The van der Waals surface area contributed by atoms with E-state index in [4.69, 9.17) is 14.7 Å². The second-order valence-corrected chi connectivity index (χ2v) is 11.7. The van der Waals surface area contributed by atoms with Gasteiger partial charge in [0.1, 0.15) is 12.4 Å². The number of hydrogen-bond donors (Lipinski definition) is 0. The van der Waals surface area contributed by atoms with Crippen LogP contribution in [0, 0.1) is 18.3 Å². The second kappa shape index (κ2) is 12.0. The number of amides is 1. The number of rotatable bonds is 7. The minimum atomic E-state index is -0.227. The van der Waals surface area contributed by atoms with Crippen molar-refractivity contribution in [1.29, 1.82) is 5.26 Å². The number of benzene rings is 2. The first-order chi connectivity index (χ1) is 20.5. The van der Waals surface area contributed by atoms with Gasteiger partial charge < -0.3 is 24.3 Å². The molecule has 0 bridgehead atoms. The predicted octanol–water partition coefficient (Wildman–Crippen LogP) is 4.09. The molecule has 0 radical (unpaired) electrons. The number of ether oxygens (including phenoxy) is 1. The summed E-state index contributed by atoms with van der Waals surface area (Å²) in [7, 11) is 2.14. The lowest BCUT2D eigenvalue weighted by molar-refractivity contribution is -0.128. The van der Waals surface area contributed by atoms with Crippen LogP contribution >= 0.6 is 0 Å². The summed E-state index contributed by atoms with van der Waals surface area (Å²) in [4.78, 5) is 31.3. The highest BCUT2D eigenvalue weighted by atomic mass is 16.5. The van der Waals surface area contributed by atoms with Gasteiger partial charge >= 0.3 is 6.01 Å². The number of nitrogens with zero attached hydrogens (tertiary/aromatic N) is 7. The SMILES string of the molecule is C=CC(=O)N1CCN(c2nc(OC[C@@H]3CCCN3C)nc3c2CCN(c2cccc4cccc([14CH3])c24)C3)C[C@@H]1CC#N. The maximum Gasteiger partial charge on any atom is 0.318 e. The number of aromatic nitrogens is 2. The molecule has 1 aromatic heterocycles. The van der Waals surface area contributed by atoms with Crippen molar-refractivity contribution < 1.29 is 9.53 Å². The van der Waals surface area contributed by atoms with Gasteiger partial charge in [-0.1, -0.05) is 36.9 Å². The number of likely N-dealkylation sites (N-methyl/N-ethyl adjacent to an activating group) is 1. The van der Waals surface area contributed by atoms with Crippen LogP contribution in [0.15, 0.2) is 49.1 Å². The van der Waals surface area contributed by atoms with Gasteiger partial charge in [0.05, 0.1) is 30.8 Å². The molecule has 0 spiro atoms. The zero-order chi connectivity index (χ0) is 29.2. The summed E-state index contributed by atoms with van der Waals surface area (Å²) >= 11 is 0. The Hall–Kier alpha value is -4.16. The van der Waals surface area contributed by atoms with E-state index in [9.17, 15) is 10.1 Å². The maximum absolute atomic E-state index is 12.5. The number of piperazine rings is 1. The smallest absolute Gasteiger partial charge is 0.318 e. The third kappa shape index (κ3) is 5.39. The molecule has 9 nitrogen and oxygen atoms in total. The van der Waals surface area contributed by atoms with E-state index in [1.807, 2.05) is 0 Å². The number of hydrogen-bond acceptors (Lipinski definition) is 8. The van der Waals surface area contributed by atoms with Gasteiger partial charge in [0.2, 0.25) is 5.91 Å². The summed E-state index contributed by atoms with van der Waals surface area (Å²) in [5.41, 5.74) is 4.59. The Bertz CT molecular complexity index is 1530. The molecular formula is C33H39N7O2. The highest BCUT2D eigenvalue weighted by molar-refractivity contribution is 5.97. The van der Waals surface area contributed by atoms with Crippen LogP contribution in [0.1, 0.15) is 36.1 Å². The fourth-order valence-corrected chi connectivity index (χ4v) is 6.79. The normalized spacial score (nSPS) is 20.8. The summed E-state index contributed by atoms with van der Waals surface area (Å²) in [6, 6.07) is 15.8. The third-order valence-electron chi connectivity index (χ3n) is 9.10. The summed E-state index contributed by atoms with van der Waals surface area (Å²) in [6.07, 6.45) is 4.68. The Kier molecular flexibility index (Phi) is 7.98. The molecule has 218 valence electrons. The predicted molar refractivity (Wildman–Crippen MR) is 165 cm³/mol. The van der Waals surface area contributed by atoms with Gasteiger partial charge in [-0.2, -0.15) is 15.2 Å². The first kappa shape index (κ1) is 28.0. The van der Waals surface area contributed by atoms with Crippen LogP contribution in [0.5, 0.6) is 6.01 Å². The van der Waals surface area contributed by atoms with E-state index in [0.717, 1.165) is 43.0 Å². The molecular weight excluding hydrogens is 528 g/mol. The molecule has 0 N–H and O–H groups in total. The van der Waals surface area contributed by atoms with Crippen LogP contribution in [0.2, 0.25) is 0 Å². The summed E-state index contributed by atoms with van der Waals surface area (Å²) in [5.74, 6) is 0.738. The number of nitriles is 1. The van der Waals surface area contributed by atoms with Gasteiger partial charge in [-0.3, -0.25) is 4.79 Å². The molecule has 2 aromatic carbocycles. The molecule has 6 rings (SSSR count). The Morgan fingerprint density at radius 3 is 2.74 bits per heavy atom. The molecule has 42 heavy (non-hydrogen) atoms. The van der Waals surface area contributed by atoms with E-state index >= 15 is 0 Å². The topological polar surface area (TPSA) is 88.8 Å². The van der Waals surface area contributed by atoms with Crippen molar-refractivity contribution in [1.82, 2.24) is 19.8 Å². The molecule has 0 saturated carbocycles. The molecule has 3 aliphatic heterocycles. The van der Waals surface area contributed by atoms with Gasteiger partial charge in [0, 0.05) is 48.9 Å². The first-order valence-corrected chi connectivity index (χ1v) is 15.0. The minimum Gasteiger partial charge on any atom is -0.462 e. The molecule has 1 amide bonds. The molecule has 3 aliphatic rings. The van der Waals surface area contributed by atoms with Crippen molar-refractivity contribution in [3.05, 3.63) is 65.9 Å². The highest BCUT2D eigenvalue weighted by Gasteiger charge is 2.33. The average Bonchev–Trinajstić information content (AvgIpc) is 3.43. The van der Waals surface area contributed by atoms with Crippen LogP contribution in [-0.4, -0.2) is 84.1 Å². The second-order valence-electron chi connectivity index (χ2n) is 11.7. The van der Waals surface area contributed by atoms with E-state index < -0.39 is 0 Å². The molecule has 2 atom stereocenters. The fourth-order valence-electron chi connectivity index (χ4n) is 6.79. The fraction of sp³-hybridized carbons (Fsp3) is 0.455. The van der Waals surface area contributed by atoms with E-state index in [1.165, 1.54) is 34.5 Å². The third-order valence-corrected chi connectivity index (χ3v) is 9.10. The first-order valence-electron chi connectivity index (χ1n) is 15.0. The van der Waals surface area contributed by atoms with Crippen molar-refractivity contribution in [2.45, 2.75) is 51.2 Å². The quantitative estimate of drug-likeness (QED) is 0.395. The van der Waals surface area contributed by atoms with E-state index in [1.54, 1.807) is 4.90 Å². The number of carbonyl (C=O) groups excluding carboxylic acids is 1. The molecule has 0 unspecified atom stereocenters. The molecule has 3 aromatic rings. The molecule has 2 fully saturated rings. The van der Waals surface area contributed by atoms with Crippen molar-refractivity contribution in [2.24, 2.45) is 0 Å². The number of aryl methyl sites for hydroxylation is 1. The largest absolute Gasteiger partial charge is 0.462 e. The van der Waals surface area contributed by atoms with E-state index in [-0.39, 0.29) is 18.4 Å². The van der Waals surface area contributed by atoms with Crippen molar-refractivity contribution in [3.63, 3.8) is 0 Å². The van der Waals surface area contributed by atoms with Crippen LogP contribution in [0.3, 0.4) is 0 Å². The van der Waals surface area contributed by atoms with Crippen LogP contribution in [-0.2, 0) is 17.8 Å². The van der Waals surface area contributed by atoms with E-state index in [0.29, 0.717) is 44.8 Å². The van der Waals surface area contributed by atoms with Crippen molar-refractivity contribution in [3.8, 4) is 12.1 Å². The lowest BCUT2D eigenvalue weighted by Gasteiger charge is -2.42. The lowest BCUT2D eigenvalue weighted by atomic mass is 10.0. The number of fused-ring (bicyclic) bond motifs is 2. The van der Waals surface area contributed by atoms with Gasteiger partial charge in [-0.05, 0) is 62.9 Å². The molecule has 4 heterocycles. The van der Waals surface area contributed by atoms with Crippen molar-refractivity contribution >= 4 is 28.2 Å². The van der Waals surface area contributed by atoms with Crippen LogP contribution in [0.4, 0.5) is 11.5 Å².